The average molecular weight is 435 g/mol. The summed E-state index contributed by atoms with van der Waals surface area (Å²) in [6.07, 6.45) is 0.545. The predicted octanol–water partition coefficient (Wildman–Crippen LogP) is 4.68. The van der Waals surface area contributed by atoms with E-state index in [0.717, 1.165) is 20.4 Å². The number of imidazole rings is 1. The molecule has 20 heavy (non-hydrogen) atoms. The van der Waals surface area contributed by atoms with Crippen LogP contribution >= 0.6 is 46.0 Å². The lowest BCUT2D eigenvalue weighted by atomic mass is 10.3. The maximum absolute atomic E-state index is 12.2. The first-order valence-electron chi connectivity index (χ1n) is 5.82. The molecule has 0 fully saturated rings. The topological polar surface area (TPSA) is 17.8 Å². The van der Waals surface area contributed by atoms with Crippen LogP contribution in [0.15, 0.2) is 18.2 Å². The Kier molecular flexibility index (Phi) is 5.47. The van der Waals surface area contributed by atoms with Gasteiger partial charge in [0.25, 0.3) is 0 Å². The Morgan fingerprint density at radius 1 is 1.35 bits per heavy atom. The van der Waals surface area contributed by atoms with Crippen LogP contribution in [0.2, 0.25) is 0 Å². The molecule has 8 heteroatoms. The first kappa shape index (κ1) is 16.2. The van der Waals surface area contributed by atoms with E-state index in [-0.39, 0.29) is 24.1 Å². The van der Waals surface area contributed by atoms with Crippen LogP contribution in [0.3, 0.4) is 0 Å². The van der Waals surface area contributed by atoms with Crippen molar-refractivity contribution in [3.63, 3.8) is 0 Å². The van der Waals surface area contributed by atoms with E-state index < -0.39 is 5.51 Å². The molecule has 1 heterocycles. The second-order valence-electron chi connectivity index (χ2n) is 4.05. The van der Waals surface area contributed by atoms with Crippen molar-refractivity contribution in [1.29, 1.82) is 0 Å². The number of aryl methyl sites for hydroxylation is 2. The smallest absolute Gasteiger partial charge is 0.327 e. The fraction of sp³-hybridized carbons (Fsp3) is 0.417. The molecular weight excluding hydrogens is 424 g/mol. The molecular formula is C12H11ClF3IN2S. The third-order valence-electron chi connectivity index (χ3n) is 2.69. The number of thioether (sulfide) groups is 1. The van der Waals surface area contributed by atoms with Gasteiger partial charge in [-0.05, 0) is 52.6 Å². The van der Waals surface area contributed by atoms with E-state index in [0.29, 0.717) is 12.3 Å². The van der Waals surface area contributed by atoms with Gasteiger partial charge in [-0.3, -0.25) is 0 Å². The number of hydrogen-bond acceptors (Lipinski definition) is 2. The van der Waals surface area contributed by atoms with Crippen molar-refractivity contribution in [3.8, 4) is 0 Å². The number of alkyl halides is 4. The van der Waals surface area contributed by atoms with Crippen LogP contribution in [0.5, 0.6) is 0 Å². The Balaban J connectivity index is 2.26. The minimum atomic E-state index is -4.20. The molecule has 110 valence electrons. The van der Waals surface area contributed by atoms with Crippen molar-refractivity contribution in [1.82, 2.24) is 9.55 Å². The van der Waals surface area contributed by atoms with Crippen molar-refractivity contribution in [3.05, 3.63) is 27.6 Å². The maximum Gasteiger partial charge on any atom is 0.441 e. The molecule has 2 aromatic rings. The fourth-order valence-corrected chi connectivity index (χ4v) is 3.08. The number of hydrogen-bond donors (Lipinski definition) is 0. The van der Waals surface area contributed by atoms with E-state index >= 15 is 0 Å². The van der Waals surface area contributed by atoms with Gasteiger partial charge in [0.05, 0.1) is 11.0 Å². The zero-order valence-corrected chi connectivity index (χ0v) is 14.0. The monoisotopic (exact) mass is 434 g/mol. The molecule has 0 aliphatic heterocycles. The van der Waals surface area contributed by atoms with E-state index in [9.17, 15) is 13.2 Å². The van der Waals surface area contributed by atoms with E-state index in [4.69, 9.17) is 11.6 Å². The summed E-state index contributed by atoms with van der Waals surface area (Å²) >= 11 is 7.90. The minimum absolute atomic E-state index is 0.0128. The summed E-state index contributed by atoms with van der Waals surface area (Å²) in [5.41, 5.74) is -2.54. The number of rotatable bonds is 5. The highest BCUT2D eigenvalue weighted by molar-refractivity contribution is 14.1. The third-order valence-corrected chi connectivity index (χ3v) is 4.26. The average Bonchev–Trinajstić information content (AvgIpc) is 2.65. The molecule has 0 radical (unpaired) electrons. The molecule has 0 spiro atoms. The van der Waals surface area contributed by atoms with Crippen LogP contribution in [-0.2, 0) is 13.0 Å². The molecule has 2 rings (SSSR count). The SMILES string of the molecule is FC(F)(F)SCCn1c(CCCl)nc2cc(I)ccc21. The molecule has 0 bridgehead atoms. The lowest BCUT2D eigenvalue weighted by Gasteiger charge is -2.09. The lowest BCUT2D eigenvalue weighted by Crippen LogP contribution is -2.10. The number of halogens is 5. The van der Waals surface area contributed by atoms with Crippen molar-refractivity contribution in [2.75, 3.05) is 11.6 Å². The summed E-state index contributed by atoms with van der Waals surface area (Å²) in [6.45, 7) is 0.271. The quantitative estimate of drug-likeness (QED) is 0.503. The minimum Gasteiger partial charge on any atom is -0.327 e. The Bertz CT molecular complexity index is 600. The highest BCUT2D eigenvalue weighted by Gasteiger charge is 2.27. The van der Waals surface area contributed by atoms with Gasteiger partial charge in [-0.15, -0.1) is 11.6 Å². The number of fused-ring (bicyclic) bond motifs is 1. The second-order valence-corrected chi connectivity index (χ2v) is 6.83. The molecule has 0 aliphatic rings. The number of aromatic nitrogens is 2. The van der Waals surface area contributed by atoms with Crippen LogP contribution in [0.4, 0.5) is 13.2 Å². The van der Waals surface area contributed by atoms with E-state index in [1.807, 2.05) is 22.8 Å². The largest absolute Gasteiger partial charge is 0.441 e. The van der Waals surface area contributed by atoms with Gasteiger partial charge in [0, 0.05) is 28.2 Å². The summed E-state index contributed by atoms with van der Waals surface area (Å²) < 4.78 is 39.5. The second kappa shape index (κ2) is 6.74. The van der Waals surface area contributed by atoms with Gasteiger partial charge in [0.15, 0.2) is 0 Å². The van der Waals surface area contributed by atoms with Gasteiger partial charge in [0.1, 0.15) is 5.82 Å². The van der Waals surface area contributed by atoms with Crippen LogP contribution < -0.4 is 0 Å². The molecule has 0 aliphatic carbocycles. The van der Waals surface area contributed by atoms with Gasteiger partial charge >= 0.3 is 5.51 Å². The molecule has 0 saturated heterocycles. The van der Waals surface area contributed by atoms with Crippen molar-refractivity contribution < 1.29 is 13.2 Å². The van der Waals surface area contributed by atoms with Gasteiger partial charge < -0.3 is 4.57 Å². The van der Waals surface area contributed by atoms with Crippen molar-refractivity contribution >= 4 is 57.0 Å². The summed E-state index contributed by atoms with van der Waals surface area (Å²) in [5.74, 6) is 1.10. The molecule has 0 unspecified atom stereocenters. The molecule has 0 saturated carbocycles. The summed E-state index contributed by atoms with van der Waals surface area (Å²) in [7, 11) is 0. The standard InChI is InChI=1S/C12H11ClF3IN2S/c13-4-3-11-18-9-7-8(17)1-2-10(9)19(11)5-6-20-12(14,15)16/h1-2,7H,3-6H2. The van der Waals surface area contributed by atoms with E-state index in [1.54, 1.807) is 0 Å². The summed E-state index contributed by atoms with van der Waals surface area (Å²) in [6, 6.07) is 5.73. The Labute approximate surface area is 137 Å². The summed E-state index contributed by atoms with van der Waals surface area (Å²) in [5, 5.41) is 0. The van der Waals surface area contributed by atoms with E-state index in [1.165, 1.54) is 0 Å². The molecule has 0 amide bonds. The number of benzene rings is 1. The Hall–Kier alpha value is -0.150. The molecule has 1 aromatic heterocycles. The van der Waals surface area contributed by atoms with Gasteiger partial charge in [-0.1, -0.05) is 0 Å². The number of nitrogens with zero attached hydrogens (tertiary/aromatic N) is 2. The molecule has 0 atom stereocenters. The highest BCUT2D eigenvalue weighted by Crippen LogP contribution is 2.30. The summed E-state index contributed by atoms with van der Waals surface area (Å²) in [4.78, 5) is 4.46. The highest BCUT2D eigenvalue weighted by atomic mass is 127. The Morgan fingerprint density at radius 3 is 2.75 bits per heavy atom. The van der Waals surface area contributed by atoms with Gasteiger partial charge in [0.2, 0.25) is 0 Å². The zero-order valence-electron chi connectivity index (χ0n) is 10.3. The first-order chi connectivity index (χ1) is 9.40. The lowest BCUT2D eigenvalue weighted by molar-refractivity contribution is -0.0328. The van der Waals surface area contributed by atoms with Crippen molar-refractivity contribution in [2.45, 2.75) is 18.5 Å². The van der Waals surface area contributed by atoms with Crippen LogP contribution in [-0.4, -0.2) is 26.7 Å². The molecule has 1 aromatic carbocycles. The third kappa shape index (κ3) is 4.17. The van der Waals surface area contributed by atoms with E-state index in [2.05, 4.69) is 27.6 Å². The fourth-order valence-electron chi connectivity index (χ4n) is 1.93. The van der Waals surface area contributed by atoms with Gasteiger partial charge in [-0.25, -0.2) is 4.98 Å². The first-order valence-corrected chi connectivity index (χ1v) is 8.42. The Morgan fingerprint density at radius 2 is 2.10 bits per heavy atom. The van der Waals surface area contributed by atoms with Crippen LogP contribution in [0.25, 0.3) is 11.0 Å². The maximum atomic E-state index is 12.2. The molecule has 0 N–H and O–H groups in total. The van der Waals surface area contributed by atoms with Gasteiger partial charge in [-0.2, -0.15) is 13.2 Å². The zero-order chi connectivity index (χ0) is 14.8. The molecule has 2 nitrogen and oxygen atoms in total. The van der Waals surface area contributed by atoms with Crippen LogP contribution in [0.1, 0.15) is 5.82 Å². The normalized spacial score (nSPS) is 12.2. The van der Waals surface area contributed by atoms with Crippen molar-refractivity contribution in [2.24, 2.45) is 0 Å². The predicted molar refractivity (Wildman–Crippen MR) is 85.4 cm³/mol. The van der Waals surface area contributed by atoms with Crippen LogP contribution in [0, 0.1) is 3.57 Å².